The van der Waals surface area contributed by atoms with E-state index in [0.717, 1.165) is 24.3 Å². The number of anilines is 1. The van der Waals surface area contributed by atoms with Crippen molar-refractivity contribution in [3.63, 3.8) is 0 Å². The van der Waals surface area contributed by atoms with Crippen LogP contribution in [0.25, 0.3) is 0 Å². The number of ether oxygens (including phenoxy) is 3. The molecule has 9 amide bonds. The van der Waals surface area contributed by atoms with Crippen molar-refractivity contribution < 1.29 is 65.8 Å². The van der Waals surface area contributed by atoms with Gasteiger partial charge in [-0.1, -0.05) is 60.5 Å². The van der Waals surface area contributed by atoms with E-state index in [0.29, 0.717) is 12.8 Å². The number of carbonyl (C=O) groups excluding carboxylic acids is 9. The van der Waals surface area contributed by atoms with Gasteiger partial charge in [0.2, 0.25) is 23.6 Å². The second kappa shape index (κ2) is 32.6. The Bertz CT molecular complexity index is 2340. The molecule has 0 unspecified atom stereocenters. The summed E-state index contributed by atoms with van der Waals surface area (Å²) >= 11 is 0. The lowest BCUT2D eigenvalue weighted by Crippen LogP contribution is -2.57. The fourth-order valence-corrected chi connectivity index (χ4v) is 9.59. The van der Waals surface area contributed by atoms with Gasteiger partial charge in [-0.15, -0.1) is 0 Å². The van der Waals surface area contributed by atoms with Gasteiger partial charge in [0.05, 0.1) is 63.2 Å². The molecular weight excluding hydrogens is 1020 g/mol. The van der Waals surface area contributed by atoms with E-state index in [1.165, 1.54) is 54.3 Å². The van der Waals surface area contributed by atoms with Gasteiger partial charge in [-0.25, -0.2) is 17.9 Å². The fourth-order valence-electron chi connectivity index (χ4n) is 8.58. The Morgan fingerprint density at radius 1 is 0.844 bits per heavy atom. The van der Waals surface area contributed by atoms with Crippen molar-refractivity contribution in [3.8, 4) is 0 Å². The lowest BCUT2D eigenvalue weighted by Gasteiger charge is -2.36. The third kappa shape index (κ3) is 21.7. The molecule has 1 aromatic carbocycles. The number of imide groups is 1. The standard InChI is InChI=1S/C53H83N9O14S/c1-10-36(6)47(58-51(69)43-15-11-12-24-60(43)8)52(70)61(9)44(35(4)5)32-37(7)48(66)59-77(72,73)40-18-16-38(17-19-40)56-50(68)42(14-13-23-55-53(54)71)57-49(67)41(34(2)3)33-39(63)22-26-74-28-30-76-31-29-75-27-25-62-45(64)20-21-46(62)65/h16-21,32,34-36,41-44,47H,10-15,22-31,33H2,1-9H3,(H,56,68)(H,57,67)(H,58,69)(H,59,66)(H3,54,55,71)/b37-32+/t36-,41-,42-,43+,44+,47-/m0/s1. The predicted molar refractivity (Wildman–Crippen MR) is 287 cm³/mol. The predicted octanol–water partition coefficient (Wildman–Crippen LogP) is 2.40. The Morgan fingerprint density at radius 3 is 2.03 bits per heavy atom. The Morgan fingerprint density at radius 2 is 1.45 bits per heavy atom. The number of amides is 9. The van der Waals surface area contributed by atoms with Crippen molar-refractivity contribution in [3.05, 3.63) is 48.1 Å². The topological polar surface area (TPSA) is 311 Å². The summed E-state index contributed by atoms with van der Waals surface area (Å²) in [5.41, 5.74) is 5.40. The van der Waals surface area contributed by atoms with Crippen LogP contribution in [0, 0.1) is 23.7 Å². The summed E-state index contributed by atoms with van der Waals surface area (Å²) in [6.45, 7) is 14.7. The maximum atomic E-state index is 14.1. The number of primary amides is 1. The average molecular weight is 1100 g/mol. The van der Waals surface area contributed by atoms with Gasteiger partial charge in [0, 0.05) is 55.8 Å². The molecule has 7 N–H and O–H groups in total. The van der Waals surface area contributed by atoms with E-state index in [9.17, 15) is 51.6 Å². The highest BCUT2D eigenvalue weighted by molar-refractivity contribution is 7.90. The quantitative estimate of drug-likeness (QED) is 0.0328. The van der Waals surface area contributed by atoms with Crippen LogP contribution in [0.15, 0.2) is 53.0 Å². The molecule has 2 aliphatic heterocycles. The van der Waals surface area contributed by atoms with Gasteiger partial charge in [-0.2, -0.15) is 0 Å². The SMILES string of the molecule is CC[C@H](C)[C@H](NC(=O)[C@H]1CCCCN1C)C(=O)N(C)[C@H](/C=C(\C)C(=O)NS(=O)(=O)c1ccc(NC(=O)[C@H](CCCNC(N)=O)NC(=O)[C@@H](CC(=O)CCOCCOCCOCCN2C(=O)C=CC2=O)C(C)C)cc1)C(C)C. The fraction of sp³-hybridized carbons (Fsp3) is 0.642. The number of nitrogens with one attached hydrogen (secondary N) is 5. The molecule has 0 spiro atoms. The molecule has 0 saturated carbocycles. The monoisotopic (exact) mass is 1100 g/mol. The van der Waals surface area contributed by atoms with Crippen LogP contribution < -0.4 is 31.7 Å². The van der Waals surface area contributed by atoms with Gasteiger partial charge in [0.25, 0.3) is 27.7 Å². The first-order valence-electron chi connectivity index (χ1n) is 26.4. The van der Waals surface area contributed by atoms with E-state index in [1.807, 2.05) is 39.6 Å². The Hall–Kier alpha value is -6.08. The molecular formula is C53H83N9O14S. The molecule has 6 atom stereocenters. The van der Waals surface area contributed by atoms with E-state index in [2.05, 4.69) is 26.0 Å². The Kier molecular flexibility index (Phi) is 27.6. The first kappa shape index (κ1) is 65.2. The zero-order valence-corrected chi connectivity index (χ0v) is 47.0. The second-order valence-corrected chi connectivity index (χ2v) is 21.9. The number of likely N-dealkylation sites (tertiary alicyclic amines) is 1. The first-order valence-corrected chi connectivity index (χ1v) is 27.9. The molecule has 24 heteroatoms. The Balaban J connectivity index is 1.58. The summed E-state index contributed by atoms with van der Waals surface area (Å²) in [7, 11) is -0.957. The maximum Gasteiger partial charge on any atom is 0.312 e. The summed E-state index contributed by atoms with van der Waals surface area (Å²) in [6, 6.07) is 1.26. The summed E-state index contributed by atoms with van der Waals surface area (Å²) in [5.74, 6) is -5.20. The van der Waals surface area contributed by atoms with Crippen molar-refractivity contribution in [2.75, 3.05) is 78.7 Å². The number of likely N-dealkylation sites (N-methyl/N-ethyl adjacent to an activating group) is 2. The number of Topliss-reactive ketones (excluding diaryl/α,β-unsaturated/α-hetero) is 1. The zero-order chi connectivity index (χ0) is 57.4. The largest absolute Gasteiger partial charge is 0.379 e. The summed E-state index contributed by atoms with van der Waals surface area (Å²) in [5, 5.41) is 10.9. The highest BCUT2D eigenvalue weighted by atomic mass is 32.2. The average Bonchev–Trinajstić information content (AvgIpc) is 3.70. The van der Waals surface area contributed by atoms with Crippen molar-refractivity contribution in [1.29, 1.82) is 0 Å². The van der Waals surface area contributed by atoms with Crippen LogP contribution in [0.1, 0.15) is 99.8 Å². The molecule has 0 radical (unpaired) electrons. The van der Waals surface area contributed by atoms with E-state index >= 15 is 0 Å². The Labute approximate surface area is 453 Å². The number of hydrogen-bond donors (Lipinski definition) is 6. The van der Waals surface area contributed by atoms with Crippen molar-refractivity contribution in [2.45, 2.75) is 129 Å². The van der Waals surface area contributed by atoms with Crippen LogP contribution in [0.2, 0.25) is 0 Å². The number of nitrogens with two attached hydrogens (primary N) is 1. The van der Waals surface area contributed by atoms with Crippen LogP contribution in [-0.2, 0) is 62.6 Å². The molecule has 1 fully saturated rings. The number of rotatable bonds is 34. The second-order valence-electron chi connectivity index (χ2n) is 20.2. The van der Waals surface area contributed by atoms with Crippen LogP contribution >= 0.6 is 0 Å². The molecule has 0 bridgehead atoms. The zero-order valence-electron chi connectivity index (χ0n) is 46.2. The lowest BCUT2D eigenvalue weighted by molar-refractivity contribution is -0.140. The lowest BCUT2D eigenvalue weighted by atomic mass is 9.88. The molecule has 1 saturated heterocycles. The summed E-state index contributed by atoms with van der Waals surface area (Å²) < 4.78 is 45.5. The molecule has 1 aromatic rings. The molecule has 0 aliphatic carbocycles. The van der Waals surface area contributed by atoms with Crippen LogP contribution in [0.3, 0.4) is 0 Å². The highest BCUT2D eigenvalue weighted by Gasteiger charge is 2.36. The third-order valence-corrected chi connectivity index (χ3v) is 14.9. The van der Waals surface area contributed by atoms with Gasteiger partial charge in [0.15, 0.2) is 0 Å². The molecule has 2 heterocycles. The number of sulfonamides is 1. The number of hydrogen-bond acceptors (Lipinski definition) is 15. The van der Waals surface area contributed by atoms with Crippen molar-refractivity contribution >= 4 is 68.9 Å². The molecule has 2 aliphatic rings. The smallest absolute Gasteiger partial charge is 0.312 e. The molecule has 23 nitrogen and oxygen atoms in total. The minimum absolute atomic E-state index is 0.0237. The number of benzene rings is 1. The molecule has 77 heavy (non-hydrogen) atoms. The van der Waals surface area contributed by atoms with E-state index in [4.69, 9.17) is 19.9 Å². The van der Waals surface area contributed by atoms with E-state index in [1.54, 1.807) is 20.9 Å². The van der Waals surface area contributed by atoms with Crippen molar-refractivity contribution in [2.24, 2.45) is 29.4 Å². The van der Waals surface area contributed by atoms with Crippen LogP contribution in [-0.4, -0.2) is 174 Å². The number of nitrogens with zero attached hydrogens (tertiary/aromatic N) is 3. The maximum absolute atomic E-state index is 14.1. The highest BCUT2D eigenvalue weighted by Crippen LogP contribution is 2.22. The van der Waals surface area contributed by atoms with Gasteiger partial charge >= 0.3 is 6.03 Å². The van der Waals surface area contributed by atoms with Crippen LogP contribution in [0.4, 0.5) is 10.5 Å². The molecule has 3 rings (SSSR count). The summed E-state index contributed by atoms with van der Waals surface area (Å²) in [6.07, 6.45) is 7.35. The van der Waals surface area contributed by atoms with Gasteiger partial charge < -0.3 is 46.1 Å². The summed E-state index contributed by atoms with van der Waals surface area (Å²) in [4.78, 5) is 120. The minimum Gasteiger partial charge on any atom is -0.379 e. The first-order chi connectivity index (χ1) is 36.4. The third-order valence-electron chi connectivity index (χ3n) is 13.6. The van der Waals surface area contributed by atoms with Gasteiger partial charge in [0.1, 0.15) is 17.9 Å². The van der Waals surface area contributed by atoms with E-state index in [-0.39, 0.29) is 148 Å². The molecule has 0 aromatic heterocycles. The number of urea groups is 1. The van der Waals surface area contributed by atoms with Gasteiger partial charge in [-0.3, -0.25) is 48.2 Å². The molecule has 430 valence electrons. The number of ketones is 1. The number of piperidine rings is 1. The number of carbonyl (C=O) groups is 9. The van der Waals surface area contributed by atoms with Crippen LogP contribution in [0.5, 0.6) is 0 Å². The van der Waals surface area contributed by atoms with Gasteiger partial charge in [-0.05, 0) is 88.2 Å². The van der Waals surface area contributed by atoms with E-state index < -0.39 is 57.8 Å². The minimum atomic E-state index is -4.45. The van der Waals surface area contributed by atoms with Crippen molar-refractivity contribution in [1.82, 2.24) is 35.4 Å². The normalized spacial score (nSPS) is 17.1.